The van der Waals surface area contributed by atoms with Gasteiger partial charge in [-0.1, -0.05) is 24.1 Å². The summed E-state index contributed by atoms with van der Waals surface area (Å²) in [7, 11) is 0. The van der Waals surface area contributed by atoms with E-state index in [2.05, 4.69) is 14.9 Å². The Bertz CT molecular complexity index is 1790. The second kappa shape index (κ2) is 11.0. The second-order valence-corrected chi connectivity index (χ2v) is 13.2. The minimum absolute atomic E-state index is 0.0257. The molecule has 224 valence electrons. The van der Waals surface area contributed by atoms with Crippen LogP contribution in [0.4, 0.5) is 18.2 Å². The van der Waals surface area contributed by atoms with Gasteiger partial charge in [0.05, 0.1) is 26.2 Å². The van der Waals surface area contributed by atoms with E-state index < -0.39 is 23.3 Å². The van der Waals surface area contributed by atoms with E-state index in [0.29, 0.717) is 13.0 Å². The van der Waals surface area contributed by atoms with Crippen molar-refractivity contribution in [3.63, 3.8) is 0 Å². The average molecular weight is 628 g/mol. The van der Waals surface area contributed by atoms with Crippen molar-refractivity contribution in [1.29, 1.82) is 5.26 Å². The zero-order valence-corrected chi connectivity index (χ0v) is 24.8. The maximum absolute atomic E-state index is 16.7. The van der Waals surface area contributed by atoms with Crippen molar-refractivity contribution in [3.05, 3.63) is 40.4 Å². The van der Waals surface area contributed by atoms with Gasteiger partial charge in [0, 0.05) is 23.9 Å². The van der Waals surface area contributed by atoms with Crippen molar-refractivity contribution in [2.45, 2.75) is 69.2 Å². The lowest BCUT2D eigenvalue weighted by Gasteiger charge is -2.31. The maximum atomic E-state index is 16.7. The molecule has 2 aliphatic heterocycles. The molecule has 1 saturated carbocycles. The topological polar surface area (TPSA) is 97.3 Å². The van der Waals surface area contributed by atoms with Crippen molar-refractivity contribution in [2.75, 3.05) is 25.4 Å². The fourth-order valence-corrected chi connectivity index (χ4v) is 8.29. The van der Waals surface area contributed by atoms with Gasteiger partial charge in [0.15, 0.2) is 5.82 Å². The van der Waals surface area contributed by atoms with Gasteiger partial charge >= 0.3 is 6.01 Å². The van der Waals surface area contributed by atoms with Crippen molar-refractivity contribution in [2.24, 2.45) is 0 Å². The first-order chi connectivity index (χ1) is 20.8. The third-order valence-electron chi connectivity index (χ3n) is 9.09. The molecule has 2 saturated heterocycles. The monoisotopic (exact) mass is 627 g/mol. The molecular weight excluding hydrogens is 599 g/mol. The first-order valence-corrected chi connectivity index (χ1v) is 15.8. The number of hydrogen-bond acceptors (Lipinski definition) is 8. The number of anilines is 1. The van der Waals surface area contributed by atoms with Crippen LogP contribution in [0.2, 0.25) is 5.02 Å². The summed E-state index contributed by atoms with van der Waals surface area (Å²) in [5, 5.41) is 10.4. The molecule has 7 rings (SSSR count). The molecule has 0 amide bonds. The average Bonchev–Trinajstić information content (AvgIpc) is 3.63. The number of thiophene rings is 1. The number of nitrogens with two attached hydrogens (primary N) is 1. The predicted molar refractivity (Wildman–Crippen MR) is 160 cm³/mol. The van der Waals surface area contributed by atoms with Crippen LogP contribution in [0.25, 0.3) is 32.1 Å². The normalized spacial score (nSPS) is 22.7. The Labute approximate surface area is 255 Å². The van der Waals surface area contributed by atoms with Crippen molar-refractivity contribution in [3.8, 4) is 29.1 Å². The van der Waals surface area contributed by atoms with Crippen molar-refractivity contribution >= 4 is 48.9 Å². The molecule has 0 spiro atoms. The number of ether oxygens (including phenoxy) is 2. The van der Waals surface area contributed by atoms with E-state index >= 15 is 4.39 Å². The maximum Gasteiger partial charge on any atom is 0.320 e. The Morgan fingerprint density at radius 2 is 2.00 bits per heavy atom. The number of nitriles is 1. The molecule has 2 aromatic heterocycles. The van der Waals surface area contributed by atoms with Gasteiger partial charge in [-0.25, -0.2) is 13.2 Å². The van der Waals surface area contributed by atoms with Crippen LogP contribution in [0.5, 0.6) is 11.9 Å². The molecule has 4 heterocycles. The largest absolute Gasteiger partial charge is 0.474 e. The zero-order chi connectivity index (χ0) is 29.9. The van der Waals surface area contributed by atoms with E-state index in [1.807, 2.05) is 6.07 Å². The van der Waals surface area contributed by atoms with E-state index in [9.17, 15) is 14.0 Å². The van der Waals surface area contributed by atoms with E-state index in [4.69, 9.17) is 26.8 Å². The van der Waals surface area contributed by atoms with Crippen LogP contribution >= 0.6 is 22.9 Å². The molecule has 2 N–H and O–H groups in total. The summed E-state index contributed by atoms with van der Waals surface area (Å²) in [5.74, 6) is -1.19. The SMILES string of the molecule is N#Cc1c(N)sc2c(F)ccc(-c3c(Cl)cc4c(OC5CCCCC5)nc(OC[C@@]56CCCN5C[C@H](F)C6)nc4c3F)c12. The summed E-state index contributed by atoms with van der Waals surface area (Å²) in [4.78, 5) is 11.2. The van der Waals surface area contributed by atoms with E-state index in [-0.39, 0.29) is 72.3 Å². The number of fused-ring (bicyclic) bond motifs is 3. The summed E-state index contributed by atoms with van der Waals surface area (Å²) in [5.41, 5.74) is 5.74. The number of aromatic nitrogens is 2. The third-order valence-corrected chi connectivity index (χ3v) is 10.4. The van der Waals surface area contributed by atoms with Crippen LogP contribution in [-0.2, 0) is 0 Å². The number of nitrogens with zero attached hydrogens (tertiary/aromatic N) is 4. The summed E-state index contributed by atoms with van der Waals surface area (Å²) < 4.78 is 58.4. The molecule has 12 heteroatoms. The highest BCUT2D eigenvalue weighted by molar-refractivity contribution is 7.23. The lowest BCUT2D eigenvalue weighted by Crippen LogP contribution is -2.43. The molecule has 2 atom stereocenters. The molecule has 2 aromatic carbocycles. The third kappa shape index (κ3) is 4.84. The van der Waals surface area contributed by atoms with Gasteiger partial charge in [-0.05, 0) is 62.8 Å². The van der Waals surface area contributed by atoms with Gasteiger partial charge in [0.25, 0.3) is 0 Å². The second-order valence-electron chi connectivity index (χ2n) is 11.7. The number of benzene rings is 2. The van der Waals surface area contributed by atoms with Crippen molar-refractivity contribution in [1.82, 2.24) is 14.9 Å². The predicted octanol–water partition coefficient (Wildman–Crippen LogP) is 7.56. The van der Waals surface area contributed by atoms with Crippen molar-refractivity contribution < 1.29 is 22.6 Å². The Morgan fingerprint density at radius 3 is 2.79 bits per heavy atom. The molecule has 0 radical (unpaired) electrons. The zero-order valence-electron chi connectivity index (χ0n) is 23.3. The minimum Gasteiger partial charge on any atom is -0.474 e. The Morgan fingerprint density at radius 1 is 1.19 bits per heavy atom. The molecule has 3 fully saturated rings. The van der Waals surface area contributed by atoms with Crippen LogP contribution < -0.4 is 15.2 Å². The number of alkyl halides is 1. The summed E-state index contributed by atoms with van der Waals surface area (Å²) >= 11 is 7.66. The first-order valence-electron chi connectivity index (χ1n) is 14.6. The Hall–Kier alpha value is -3.33. The molecule has 0 bridgehead atoms. The quantitative estimate of drug-likeness (QED) is 0.236. The summed E-state index contributed by atoms with van der Waals surface area (Å²) in [6.45, 7) is 1.35. The number of hydrogen-bond donors (Lipinski definition) is 1. The van der Waals surface area contributed by atoms with Gasteiger partial charge < -0.3 is 15.2 Å². The lowest BCUT2D eigenvalue weighted by molar-refractivity contribution is 0.105. The highest BCUT2D eigenvalue weighted by atomic mass is 35.5. The van der Waals surface area contributed by atoms with Gasteiger partial charge in [-0.2, -0.15) is 15.2 Å². The fourth-order valence-electron chi connectivity index (χ4n) is 7.05. The van der Waals surface area contributed by atoms with Crippen LogP contribution in [0, 0.1) is 23.0 Å². The fraction of sp³-hybridized carbons (Fsp3) is 0.452. The Kier molecular flexibility index (Phi) is 7.27. The molecule has 43 heavy (non-hydrogen) atoms. The van der Waals surface area contributed by atoms with Gasteiger partial charge in [-0.15, -0.1) is 11.3 Å². The molecule has 1 aliphatic carbocycles. The minimum atomic E-state index is -0.925. The van der Waals surface area contributed by atoms with Crippen LogP contribution in [0.15, 0.2) is 18.2 Å². The smallest absolute Gasteiger partial charge is 0.320 e. The summed E-state index contributed by atoms with van der Waals surface area (Å²) in [6, 6.07) is 6.07. The van der Waals surface area contributed by atoms with Crippen LogP contribution in [-0.4, -0.2) is 52.4 Å². The standard InChI is InChI=1S/C31H29ClF3N5O2S/c32-21-11-19-26(25(35)24(21)18-7-8-22(34)27-23(18)20(13-36)28(37)43-27)38-30(39-29(19)42-17-5-2-1-3-6-17)41-15-31-9-4-10-40(31)14-16(33)12-31/h7-8,11,16-17H,1-6,9-10,12,14-15,37H2/t16-,31+/m1/s1. The molecule has 3 aliphatic rings. The van der Waals surface area contributed by atoms with E-state index in [1.165, 1.54) is 18.2 Å². The number of nitrogen functional groups attached to an aromatic ring is 1. The van der Waals surface area contributed by atoms with Gasteiger partial charge in [-0.3, -0.25) is 4.90 Å². The number of halogens is 4. The molecular formula is C31H29ClF3N5O2S. The highest BCUT2D eigenvalue weighted by Crippen LogP contribution is 2.46. The first kappa shape index (κ1) is 28.4. The van der Waals surface area contributed by atoms with Crippen LogP contribution in [0.3, 0.4) is 0 Å². The Balaban J connectivity index is 1.36. The van der Waals surface area contributed by atoms with Gasteiger partial charge in [0.1, 0.15) is 41.3 Å². The van der Waals surface area contributed by atoms with Crippen LogP contribution in [0.1, 0.15) is 56.9 Å². The summed E-state index contributed by atoms with van der Waals surface area (Å²) in [6.07, 6.45) is 5.94. The highest BCUT2D eigenvalue weighted by Gasteiger charge is 2.49. The number of rotatable bonds is 6. The van der Waals surface area contributed by atoms with E-state index in [1.54, 1.807) is 0 Å². The van der Waals surface area contributed by atoms with E-state index in [0.717, 1.165) is 62.8 Å². The lowest BCUT2D eigenvalue weighted by atomic mass is 9.95. The molecule has 0 unspecified atom stereocenters. The van der Waals surface area contributed by atoms with Gasteiger partial charge in [0.2, 0.25) is 5.88 Å². The molecule has 7 nitrogen and oxygen atoms in total. The molecule has 4 aromatic rings.